The summed E-state index contributed by atoms with van der Waals surface area (Å²) in [5.41, 5.74) is -0.0817. The van der Waals surface area contributed by atoms with Crippen molar-refractivity contribution in [2.24, 2.45) is 11.3 Å². The number of hydrogen-bond acceptors (Lipinski definition) is 5. The third kappa shape index (κ3) is 3.09. The van der Waals surface area contributed by atoms with E-state index < -0.39 is 29.2 Å². The van der Waals surface area contributed by atoms with Crippen molar-refractivity contribution in [3.63, 3.8) is 0 Å². The summed E-state index contributed by atoms with van der Waals surface area (Å²) in [6, 6.07) is 0. The Kier molecular flexibility index (Phi) is 5.52. The highest BCUT2D eigenvalue weighted by molar-refractivity contribution is 6.04. The summed E-state index contributed by atoms with van der Waals surface area (Å²) in [5, 5.41) is 9.47. The molecule has 0 aromatic rings. The Hall–Kier alpha value is -1.85. The van der Waals surface area contributed by atoms with Crippen LogP contribution in [0.4, 0.5) is 0 Å². The molecule has 0 amide bonds. The molecule has 6 heteroatoms. The van der Waals surface area contributed by atoms with Gasteiger partial charge in [-0.1, -0.05) is 11.1 Å². The molecule has 6 nitrogen and oxygen atoms in total. The van der Waals surface area contributed by atoms with Gasteiger partial charge in [0.2, 0.25) is 0 Å². The number of carboxylic acid groups (broad SMARTS) is 1. The van der Waals surface area contributed by atoms with Gasteiger partial charge in [-0.05, 0) is 40.5 Å². The maximum absolute atomic E-state index is 12.4. The molecule has 1 aliphatic rings. The van der Waals surface area contributed by atoms with Gasteiger partial charge in [0.05, 0.1) is 19.1 Å². The van der Waals surface area contributed by atoms with E-state index in [1.807, 2.05) is 6.92 Å². The summed E-state index contributed by atoms with van der Waals surface area (Å²) in [5.74, 6) is -3.99. The number of hydrogen-bond donors (Lipinski definition) is 1. The van der Waals surface area contributed by atoms with Crippen LogP contribution in [0.1, 0.15) is 40.5 Å². The first-order valence-corrected chi connectivity index (χ1v) is 7.03. The van der Waals surface area contributed by atoms with Gasteiger partial charge in [-0.15, -0.1) is 0 Å². The first kappa shape index (κ1) is 17.2. The topological polar surface area (TPSA) is 89.9 Å². The zero-order valence-corrected chi connectivity index (χ0v) is 12.9. The van der Waals surface area contributed by atoms with Crippen molar-refractivity contribution in [2.45, 2.75) is 40.5 Å². The SMILES string of the molecule is CCOC(=O)C1(C(=O)OCC)CC(C)=C(C)C[C@H]1C(=O)O. The number of carbonyl (C=O) groups excluding carboxylic acids is 2. The molecule has 1 aliphatic carbocycles. The van der Waals surface area contributed by atoms with E-state index in [-0.39, 0.29) is 26.1 Å². The lowest BCUT2D eigenvalue weighted by Gasteiger charge is -2.38. The Morgan fingerprint density at radius 2 is 1.57 bits per heavy atom. The highest BCUT2D eigenvalue weighted by Gasteiger charge is 2.59. The van der Waals surface area contributed by atoms with Crippen LogP contribution in [0.5, 0.6) is 0 Å². The van der Waals surface area contributed by atoms with Crippen molar-refractivity contribution < 1.29 is 29.0 Å². The normalized spacial score (nSPS) is 20.9. The van der Waals surface area contributed by atoms with Gasteiger partial charge >= 0.3 is 17.9 Å². The second-order valence-corrected chi connectivity index (χ2v) is 5.24. The van der Waals surface area contributed by atoms with E-state index >= 15 is 0 Å². The van der Waals surface area contributed by atoms with Crippen molar-refractivity contribution in [3.05, 3.63) is 11.1 Å². The van der Waals surface area contributed by atoms with E-state index in [0.717, 1.165) is 11.1 Å². The Balaban J connectivity index is 3.40. The van der Waals surface area contributed by atoms with Crippen LogP contribution in [0.2, 0.25) is 0 Å². The van der Waals surface area contributed by atoms with Crippen molar-refractivity contribution in [1.29, 1.82) is 0 Å². The average molecular weight is 298 g/mol. The van der Waals surface area contributed by atoms with Crippen LogP contribution < -0.4 is 0 Å². The number of carbonyl (C=O) groups is 3. The fourth-order valence-corrected chi connectivity index (χ4v) is 2.68. The molecule has 1 rings (SSSR count). The van der Waals surface area contributed by atoms with Crippen molar-refractivity contribution in [3.8, 4) is 0 Å². The third-order valence-electron chi connectivity index (χ3n) is 3.96. The Morgan fingerprint density at radius 1 is 1.10 bits per heavy atom. The van der Waals surface area contributed by atoms with Crippen LogP contribution >= 0.6 is 0 Å². The minimum atomic E-state index is -1.79. The summed E-state index contributed by atoms with van der Waals surface area (Å²) >= 11 is 0. The molecule has 0 saturated heterocycles. The third-order valence-corrected chi connectivity index (χ3v) is 3.96. The minimum Gasteiger partial charge on any atom is -0.481 e. The number of rotatable bonds is 5. The zero-order valence-electron chi connectivity index (χ0n) is 12.9. The summed E-state index contributed by atoms with van der Waals surface area (Å²) in [4.78, 5) is 36.4. The Morgan fingerprint density at radius 3 is 1.95 bits per heavy atom. The quantitative estimate of drug-likeness (QED) is 0.474. The largest absolute Gasteiger partial charge is 0.481 e. The second-order valence-electron chi connectivity index (χ2n) is 5.24. The number of allylic oxidation sites excluding steroid dienone is 2. The van der Waals surface area contributed by atoms with E-state index in [2.05, 4.69) is 0 Å². The molecule has 118 valence electrons. The molecule has 0 radical (unpaired) electrons. The summed E-state index contributed by atoms with van der Waals surface area (Å²) in [6.45, 7) is 6.99. The van der Waals surface area contributed by atoms with Gasteiger partial charge in [0.25, 0.3) is 0 Å². The molecule has 0 aromatic carbocycles. The molecular formula is C15H22O6. The summed E-state index contributed by atoms with van der Waals surface area (Å²) < 4.78 is 9.98. The molecule has 0 saturated carbocycles. The Labute approximate surface area is 124 Å². The van der Waals surface area contributed by atoms with Gasteiger partial charge in [0.15, 0.2) is 5.41 Å². The number of esters is 2. The van der Waals surface area contributed by atoms with Gasteiger partial charge in [-0.2, -0.15) is 0 Å². The lowest BCUT2D eigenvalue weighted by atomic mass is 9.64. The number of carboxylic acids is 1. The average Bonchev–Trinajstić information content (AvgIpc) is 2.41. The lowest BCUT2D eigenvalue weighted by molar-refractivity contribution is -0.183. The highest BCUT2D eigenvalue weighted by Crippen LogP contribution is 2.46. The van der Waals surface area contributed by atoms with Gasteiger partial charge in [-0.3, -0.25) is 14.4 Å². The number of ether oxygens (including phenoxy) is 2. The van der Waals surface area contributed by atoms with Crippen LogP contribution in [0.25, 0.3) is 0 Å². The molecule has 0 aliphatic heterocycles. The van der Waals surface area contributed by atoms with Crippen LogP contribution in [-0.4, -0.2) is 36.2 Å². The molecule has 0 fully saturated rings. The molecule has 1 N–H and O–H groups in total. The van der Waals surface area contributed by atoms with Gasteiger partial charge in [0.1, 0.15) is 0 Å². The fourth-order valence-electron chi connectivity index (χ4n) is 2.68. The predicted octanol–water partition coefficient (Wildman–Crippen LogP) is 1.93. The second kappa shape index (κ2) is 6.74. The van der Waals surface area contributed by atoms with Crippen molar-refractivity contribution in [1.82, 2.24) is 0 Å². The molecule has 1 atom stereocenters. The maximum atomic E-state index is 12.4. The molecular weight excluding hydrogens is 276 g/mol. The number of aliphatic carboxylic acids is 1. The van der Waals surface area contributed by atoms with E-state index in [1.54, 1.807) is 20.8 Å². The maximum Gasteiger partial charge on any atom is 0.324 e. The fraction of sp³-hybridized carbons (Fsp3) is 0.667. The molecule has 0 spiro atoms. The molecule has 0 heterocycles. The standard InChI is InChI=1S/C15H22O6/c1-5-20-13(18)15(14(19)21-6-2)8-10(4)9(3)7-11(15)12(16)17/h11H,5-8H2,1-4H3,(H,16,17)/t11-/m0/s1. The molecule has 0 aromatic heterocycles. The van der Waals surface area contributed by atoms with Crippen molar-refractivity contribution >= 4 is 17.9 Å². The van der Waals surface area contributed by atoms with E-state index in [9.17, 15) is 19.5 Å². The van der Waals surface area contributed by atoms with E-state index in [1.165, 1.54) is 0 Å². The molecule has 21 heavy (non-hydrogen) atoms. The zero-order chi connectivity index (χ0) is 16.2. The van der Waals surface area contributed by atoms with E-state index in [0.29, 0.717) is 0 Å². The van der Waals surface area contributed by atoms with Gasteiger partial charge in [0, 0.05) is 0 Å². The minimum absolute atomic E-state index is 0.0213. The van der Waals surface area contributed by atoms with Crippen LogP contribution in [0, 0.1) is 11.3 Å². The van der Waals surface area contributed by atoms with Crippen LogP contribution in [-0.2, 0) is 23.9 Å². The first-order chi connectivity index (χ1) is 9.81. The smallest absolute Gasteiger partial charge is 0.324 e. The molecule has 0 bridgehead atoms. The van der Waals surface area contributed by atoms with Gasteiger partial charge in [-0.25, -0.2) is 0 Å². The van der Waals surface area contributed by atoms with Crippen LogP contribution in [0.3, 0.4) is 0 Å². The first-order valence-electron chi connectivity index (χ1n) is 7.03. The van der Waals surface area contributed by atoms with E-state index in [4.69, 9.17) is 9.47 Å². The van der Waals surface area contributed by atoms with Gasteiger partial charge < -0.3 is 14.6 Å². The van der Waals surface area contributed by atoms with Crippen molar-refractivity contribution in [2.75, 3.05) is 13.2 Å². The summed E-state index contributed by atoms with van der Waals surface area (Å²) in [6.07, 6.45) is 0.159. The monoisotopic (exact) mass is 298 g/mol. The predicted molar refractivity (Wildman–Crippen MR) is 74.4 cm³/mol. The lowest BCUT2D eigenvalue weighted by Crippen LogP contribution is -2.52. The van der Waals surface area contributed by atoms with Crippen LogP contribution in [0.15, 0.2) is 11.1 Å². The Bertz CT molecular complexity index is 459. The highest BCUT2D eigenvalue weighted by atomic mass is 16.6. The summed E-state index contributed by atoms with van der Waals surface area (Å²) in [7, 11) is 0. The molecule has 0 unspecified atom stereocenters.